The average Bonchev–Trinajstić information content (AvgIpc) is 2.52. The molecular weight excluding hydrogens is 416 g/mol. The fraction of sp³-hybridized carbons (Fsp3) is 0.316. The van der Waals surface area contributed by atoms with Crippen molar-refractivity contribution < 1.29 is 26.7 Å². The molecular formula is C19H24N2O6S2. The second-order valence-corrected chi connectivity index (χ2v) is 10.5. The van der Waals surface area contributed by atoms with E-state index in [1.807, 2.05) is 0 Å². The molecule has 158 valence electrons. The Labute approximate surface area is 171 Å². The summed E-state index contributed by atoms with van der Waals surface area (Å²) in [6.45, 7) is 8.10. The van der Waals surface area contributed by atoms with Gasteiger partial charge in [-0.1, -0.05) is 12.1 Å². The lowest BCUT2D eigenvalue weighted by atomic mass is 10.0. The number of carbonyl (C=O) groups is 1. The van der Waals surface area contributed by atoms with Crippen molar-refractivity contribution in [1.29, 1.82) is 0 Å². The summed E-state index contributed by atoms with van der Waals surface area (Å²) in [4.78, 5) is 11.5. The van der Waals surface area contributed by atoms with Gasteiger partial charge in [-0.15, -0.1) is 0 Å². The SMILES string of the molecule is Cc1cc(C)c(NS(=O)(=O)c2c(C)cc(C)c(NS(C)(=O)=O)c2C)c(C(=O)O)c1. The van der Waals surface area contributed by atoms with Gasteiger partial charge in [0.15, 0.2) is 0 Å². The van der Waals surface area contributed by atoms with Gasteiger partial charge in [0.25, 0.3) is 10.0 Å². The van der Waals surface area contributed by atoms with E-state index in [4.69, 9.17) is 0 Å². The molecule has 0 unspecified atom stereocenters. The molecule has 0 aliphatic rings. The van der Waals surface area contributed by atoms with Crippen LogP contribution in [0.15, 0.2) is 23.1 Å². The van der Waals surface area contributed by atoms with E-state index in [9.17, 15) is 26.7 Å². The number of hydrogen-bond donors (Lipinski definition) is 3. The van der Waals surface area contributed by atoms with Crippen LogP contribution in [0.5, 0.6) is 0 Å². The first-order valence-corrected chi connectivity index (χ1v) is 12.0. The van der Waals surface area contributed by atoms with Gasteiger partial charge in [-0.05, 0) is 68.5 Å². The van der Waals surface area contributed by atoms with Crippen molar-refractivity contribution in [1.82, 2.24) is 0 Å². The molecule has 0 saturated heterocycles. The van der Waals surface area contributed by atoms with Crippen molar-refractivity contribution >= 4 is 37.4 Å². The first-order valence-electron chi connectivity index (χ1n) is 8.60. The van der Waals surface area contributed by atoms with Crippen molar-refractivity contribution in [3.8, 4) is 0 Å². The van der Waals surface area contributed by atoms with Gasteiger partial charge in [-0.25, -0.2) is 21.6 Å². The number of aryl methyl sites for hydroxylation is 4. The lowest BCUT2D eigenvalue weighted by Gasteiger charge is -2.20. The Kier molecular flexibility index (Phi) is 6.01. The Morgan fingerprint density at radius 1 is 0.828 bits per heavy atom. The molecule has 3 N–H and O–H groups in total. The monoisotopic (exact) mass is 440 g/mol. The van der Waals surface area contributed by atoms with Gasteiger partial charge < -0.3 is 5.11 Å². The van der Waals surface area contributed by atoms with Gasteiger partial charge >= 0.3 is 5.97 Å². The third kappa shape index (κ3) is 4.88. The molecule has 10 heteroatoms. The van der Waals surface area contributed by atoms with E-state index in [0.717, 1.165) is 6.26 Å². The molecule has 8 nitrogen and oxygen atoms in total. The standard InChI is InChI=1S/C19H24N2O6S2/c1-10-7-11(2)17(15(8-10)19(22)23)21-29(26,27)18-13(4)9-12(3)16(14(18)5)20-28(6,24)25/h7-9,20-21H,1-6H3,(H,22,23). The van der Waals surface area contributed by atoms with Crippen LogP contribution in [0, 0.1) is 34.6 Å². The first-order chi connectivity index (χ1) is 13.1. The molecule has 2 aromatic rings. The Balaban J connectivity index is 2.70. The zero-order chi connectivity index (χ0) is 22.3. The molecule has 0 fully saturated rings. The van der Waals surface area contributed by atoms with Crippen molar-refractivity contribution in [2.45, 2.75) is 39.5 Å². The molecule has 0 bridgehead atoms. The minimum atomic E-state index is -4.21. The van der Waals surface area contributed by atoms with E-state index < -0.39 is 26.0 Å². The van der Waals surface area contributed by atoms with Gasteiger partial charge in [0.1, 0.15) is 0 Å². The highest BCUT2D eigenvalue weighted by molar-refractivity contribution is 7.93. The van der Waals surface area contributed by atoms with Crippen LogP contribution in [0.25, 0.3) is 0 Å². The van der Waals surface area contributed by atoms with E-state index in [1.165, 1.54) is 13.0 Å². The van der Waals surface area contributed by atoms with Crippen molar-refractivity contribution in [3.05, 3.63) is 51.6 Å². The van der Waals surface area contributed by atoms with Crippen LogP contribution in [0.3, 0.4) is 0 Å². The summed E-state index contributed by atoms with van der Waals surface area (Å²) in [6.07, 6.45) is 0.979. The molecule has 2 aromatic carbocycles. The normalized spacial score (nSPS) is 11.9. The Hall–Kier alpha value is -2.59. The topological polar surface area (TPSA) is 130 Å². The van der Waals surface area contributed by atoms with E-state index in [2.05, 4.69) is 9.44 Å². The highest BCUT2D eigenvalue weighted by Gasteiger charge is 2.26. The summed E-state index contributed by atoms with van der Waals surface area (Å²) in [5, 5.41) is 9.49. The molecule has 0 atom stereocenters. The maximum absolute atomic E-state index is 13.2. The number of hydrogen-bond acceptors (Lipinski definition) is 5. The summed E-state index contributed by atoms with van der Waals surface area (Å²) in [5.41, 5.74) is 2.34. The van der Waals surface area contributed by atoms with Crippen molar-refractivity contribution in [3.63, 3.8) is 0 Å². The fourth-order valence-electron chi connectivity index (χ4n) is 3.38. The Morgan fingerprint density at radius 2 is 1.38 bits per heavy atom. The zero-order valence-corrected chi connectivity index (χ0v) is 18.7. The molecule has 2 rings (SSSR count). The van der Waals surface area contributed by atoms with Crippen molar-refractivity contribution in [2.24, 2.45) is 0 Å². The van der Waals surface area contributed by atoms with E-state index in [-0.39, 0.29) is 27.4 Å². The largest absolute Gasteiger partial charge is 0.478 e. The highest BCUT2D eigenvalue weighted by Crippen LogP contribution is 2.33. The summed E-state index contributed by atoms with van der Waals surface area (Å²) in [7, 11) is -7.84. The number of sulfonamides is 2. The van der Waals surface area contributed by atoms with Crippen molar-refractivity contribution in [2.75, 3.05) is 15.7 Å². The molecule has 0 aliphatic heterocycles. The zero-order valence-electron chi connectivity index (χ0n) is 17.0. The summed E-state index contributed by atoms with van der Waals surface area (Å²) in [5.74, 6) is -1.26. The maximum atomic E-state index is 13.2. The van der Waals surface area contributed by atoms with Gasteiger partial charge in [-0.2, -0.15) is 0 Å². The minimum Gasteiger partial charge on any atom is -0.478 e. The van der Waals surface area contributed by atoms with E-state index >= 15 is 0 Å². The Morgan fingerprint density at radius 3 is 1.90 bits per heavy atom. The maximum Gasteiger partial charge on any atom is 0.337 e. The first kappa shape index (κ1) is 22.7. The molecule has 0 aliphatic carbocycles. The molecule has 29 heavy (non-hydrogen) atoms. The second-order valence-electron chi connectivity index (χ2n) is 7.13. The summed E-state index contributed by atoms with van der Waals surface area (Å²) >= 11 is 0. The van der Waals surface area contributed by atoms with Crippen LogP contribution >= 0.6 is 0 Å². The molecule has 0 saturated carbocycles. The molecule has 0 heterocycles. The third-order valence-corrected chi connectivity index (χ3v) is 6.62. The van der Waals surface area contributed by atoms with Gasteiger partial charge in [0, 0.05) is 0 Å². The quantitative estimate of drug-likeness (QED) is 0.633. The molecule has 0 aromatic heterocycles. The second kappa shape index (κ2) is 7.68. The number of carboxylic acids is 1. The Bertz CT molecular complexity index is 1220. The van der Waals surface area contributed by atoms with Crippen LogP contribution in [0.1, 0.15) is 38.2 Å². The lowest BCUT2D eigenvalue weighted by Crippen LogP contribution is -2.20. The molecule has 0 amide bonds. The number of rotatable bonds is 6. The smallest absolute Gasteiger partial charge is 0.337 e. The van der Waals surface area contributed by atoms with E-state index in [1.54, 1.807) is 39.8 Å². The van der Waals surface area contributed by atoms with Crippen LogP contribution in [0.4, 0.5) is 11.4 Å². The molecule has 0 radical (unpaired) electrons. The van der Waals surface area contributed by atoms with Crippen LogP contribution in [-0.4, -0.2) is 34.2 Å². The summed E-state index contributed by atoms with van der Waals surface area (Å²) < 4.78 is 54.5. The molecule has 0 spiro atoms. The number of carboxylic acid groups (broad SMARTS) is 1. The predicted molar refractivity (Wildman–Crippen MR) is 113 cm³/mol. The predicted octanol–water partition coefficient (Wildman–Crippen LogP) is 3.10. The van der Waals surface area contributed by atoms with Gasteiger partial charge in [0.05, 0.1) is 28.1 Å². The highest BCUT2D eigenvalue weighted by atomic mass is 32.2. The number of benzene rings is 2. The minimum absolute atomic E-state index is 0.0277. The fourth-order valence-corrected chi connectivity index (χ4v) is 5.70. The van der Waals surface area contributed by atoms with Gasteiger partial charge in [0.2, 0.25) is 10.0 Å². The van der Waals surface area contributed by atoms with Crippen LogP contribution < -0.4 is 9.44 Å². The lowest BCUT2D eigenvalue weighted by molar-refractivity contribution is 0.0698. The number of aromatic carboxylic acids is 1. The number of anilines is 2. The third-order valence-electron chi connectivity index (χ3n) is 4.40. The van der Waals surface area contributed by atoms with Crippen LogP contribution in [0.2, 0.25) is 0 Å². The summed E-state index contributed by atoms with van der Waals surface area (Å²) in [6, 6.07) is 4.63. The number of nitrogens with one attached hydrogen (secondary N) is 2. The average molecular weight is 441 g/mol. The van der Waals surface area contributed by atoms with Gasteiger partial charge in [-0.3, -0.25) is 9.44 Å². The van der Waals surface area contributed by atoms with Crippen LogP contribution in [-0.2, 0) is 20.0 Å². The van der Waals surface area contributed by atoms with E-state index in [0.29, 0.717) is 22.3 Å².